The number of ether oxygens (including phenoxy) is 1. The van der Waals surface area contributed by atoms with Crippen LogP contribution in [0.5, 0.6) is 5.75 Å². The first-order valence-electron chi connectivity index (χ1n) is 8.85. The lowest BCUT2D eigenvalue weighted by atomic mass is 10.2. The quantitative estimate of drug-likeness (QED) is 0.597. The van der Waals surface area contributed by atoms with Crippen LogP contribution in [0.2, 0.25) is 0 Å². The van der Waals surface area contributed by atoms with Crippen LogP contribution >= 0.6 is 7.60 Å². The number of hydrogen-bond acceptors (Lipinski definition) is 6. The molecule has 1 amide bonds. The minimum absolute atomic E-state index is 0.00234. The maximum atomic E-state index is 13.1. The Morgan fingerprint density at radius 2 is 1.64 bits per heavy atom. The number of rotatable bonds is 10. The van der Waals surface area contributed by atoms with E-state index < -0.39 is 19.8 Å². The van der Waals surface area contributed by atoms with E-state index in [0.29, 0.717) is 5.75 Å². The molecule has 0 bridgehead atoms. The summed E-state index contributed by atoms with van der Waals surface area (Å²) in [6.07, 6.45) is -1.64. The molecule has 0 aliphatic heterocycles. The molecule has 0 aromatic heterocycles. The molecule has 2 rings (SSSR count). The molecule has 2 unspecified atom stereocenters. The second-order valence-corrected chi connectivity index (χ2v) is 8.15. The summed E-state index contributed by atoms with van der Waals surface area (Å²) in [5.74, 6) is 0.0837. The molecule has 0 saturated heterocycles. The number of carbonyl (C=O) groups excluding carboxylic acids is 2. The van der Waals surface area contributed by atoms with Gasteiger partial charge >= 0.3 is 13.7 Å². The fourth-order valence-electron chi connectivity index (χ4n) is 2.15. The predicted molar refractivity (Wildman–Crippen MR) is 105 cm³/mol. The maximum absolute atomic E-state index is 13.1. The highest BCUT2D eigenvalue weighted by Gasteiger charge is 2.30. The van der Waals surface area contributed by atoms with E-state index in [9.17, 15) is 14.2 Å². The maximum Gasteiger partial charge on any atom is 0.407 e. The number of alkyl carbamates (subject to hydrolysis) is 1. The minimum atomic E-state index is -3.68. The third-order valence-corrected chi connectivity index (χ3v) is 5.64. The molecule has 7 nitrogen and oxygen atoms in total. The van der Waals surface area contributed by atoms with Gasteiger partial charge in [-0.2, -0.15) is 0 Å². The Labute approximate surface area is 164 Å². The Bertz CT molecular complexity index is 812. The number of amides is 1. The van der Waals surface area contributed by atoms with Crippen LogP contribution in [0.15, 0.2) is 60.7 Å². The molecule has 0 aliphatic carbocycles. The van der Waals surface area contributed by atoms with Crippen molar-refractivity contribution in [1.82, 2.24) is 5.32 Å². The Balaban J connectivity index is 1.89. The first-order valence-corrected chi connectivity index (χ1v) is 10.6. The van der Waals surface area contributed by atoms with Crippen molar-refractivity contribution in [2.75, 3.05) is 12.7 Å². The molecule has 0 heterocycles. The fourth-order valence-corrected chi connectivity index (χ4v) is 3.84. The first kappa shape index (κ1) is 21.7. The van der Waals surface area contributed by atoms with E-state index in [1.54, 1.807) is 30.3 Å². The van der Waals surface area contributed by atoms with E-state index in [1.165, 1.54) is 13.8 Å². The van der Waals surface area contributed by atoms with Gasteiger partial charge in [-0.25, -0.2) is 9.36 Å². The van der Waals surface area contributed by atoms with Gasteiger partial charge in [0.05, 0.1) is 6.16 Å². The van der Waals surface area contributed by atoms with E-state index >= 15 is 0 Å². The summed E-state index contributed by atoms with van der Waals surface area (Å²) in [5, 5.41) is 2.52. The molecule has 1 N–H and O–H groups in total. The van der Waals surface area contributed by atoms with Gasteiger partial charge in [-0.15, -0.1) is 0 Å². The summed E-state index contributed by atoms with van der Waals surface area (Å²) >= 11 is 0. The van der Waals surface area contributed by atoms with E-state index in [-0.39, 0.29) is 25.1 Å². The fraction of sp³-hybridized carbons (Fsp3) is 0.300. The summed E-state index contributed by atoms with van der Waals surface area (Å²) in [6.45, 7) is 2.98. The molecular weight excluding hydrogens is 381 g/mol. The zero-order valence-corrected chi connectivity index (χ0v) is 16.8. The van der Waals surface area contributed by atoms with Crippen LogP contribution in [0, 0.1) is 0 Å². The molecule has 0 radical (unpaired) electrons. The van der Waals surface area contributed by atoms with Gasteiger partial charge in [0.2, 0.25) is 0 Å². The highest BCUT2D eigenvalue weighted by Crippen LogP contribution is 2.49. The van der Waals surface area contributed by atoms with Gasteiger partial charge in [0, 0.05) is 6.54 Å². The van der Waals surface area contributed by atoms with Crippen LogP contribution < -0.4 is 9.84 Å². The number of nitrogens with one attached hydrogen (secondary N) is 1. The van der Waals surface area contributed by atoms with Crippen LogP contribution in [-0.4, -0.2) is 30.7 Å². The monoisotopic (exact) mass is 405 g/mol. The van der Waals surface area contributed by atoms with Crippen molar-refractivity contribution in [3.05, 3.63) is 66.2 Å². The number of hydrogen-bond donors (Lipinski definition) is 1. The lowest BCUT2D eigenvalue weighted by Gasteiger charge is -2.22. The largest absolute Gasteiger partial charge is 0.445 e. The van der Waals surface area contributed by atoms with Gasteiger partial charge in [0.1, 0.15) is 18.5 Å². The van der Waals surface area contributed by atoms with E-state index in [4.69, 9.17) is 13.8 Å². The Morgan fingerprint density at radius 1 is 1.04 bits per heavy atom. The second-order valence-electron chi connectivity index (χ2n) is 6.09. The number of Topliss-reactive ketones (excluding diaryl/α,β-unsaturated/α-hetero) is 1. The molecule has 2 aromatic carbocycles. The lowest BCUT2D eigenvalue weighted by Crippen LogP contribution is -2.28. The van der Waals surface area contributed by atoms with Gasteiger partial charge < -0.3 is 14.6 Å². The van der Waals surface area contributed by atoms with Crippen LogP contribution in [0.25, 0.3) is 0 Å². The Kier molecular flexibility index (Phi) is 8.23. The van der Waals surface area contributed by atoms with Crippen molar-refractivity contribution >= 4 is 19.5 Å². The average molecular weight is 405 g/mol. The van der Waals surface area contributed by atoms with Crippen molar-refractivity contribution < 1.29 is 27.9 Å². The van der Waals surface area contributed by atoms with Gasteiger partial charge in [0.15, 0.2) is 5.78 Å². The van der Waals surface area contributed by atoms with Crippen molar-refractivity contribution in [3.63, 3.8) is 0 Å². The van der Waals surface area contributed by atoms with Crippen LogP contribution in [0.4, 0.5) is 4.79 Å². The average Bonchev–Trinajstić information content (AvgIpc) is 2.67. The van der Waals surface area contributed by atoms with E-state index in [1.807, 2.05) is 30.3 Å². The number of para-hydroxylation sites is 1. The van der Waals surface area contributed by atoms with E-state index in [0.717, 1.165) is 5.56 Å². The molecule has 0 fully saturated rings. The normalized spacial score (nSPS) is 13.8. The third-order valence-electron chi connectivity index (χ3n) is 3.75. The summed E-state index contributed by atoms with van der Waals surface area (Å²) in [6, 6.07) is 17.8. The molecule has 150 valence electrons. The second kappa shape index (κ2) is 10.6. The van der Waals surface area contributed by atoms with Gasteiger partial charge in [-0.05, 0) is 31.5 Å². The van der Waals surface area contributed by atoms with E-state index in [2.05, 4.69) is 5.32 Å². The number of carbonyl (C=O) groups is 2. The Hall–Kier alpha value is -2.63. The standard InChI is InChI=1S/C20H24NO6P/c1-16(22)17(2)26-28(24,27-19-11-7-4-8-12-19)14-13-21-20(23)25-15-18-9-5-3-6-10-18/h3-12,17H,13-15H2,1-2H3,(H,21,23). The smallest absolute Gasteiger partial charge is 0.407 e. The minimum Gasteiger partial charge on any atom is -0.445 e. The predicted octanol–water partition coefficient (Wildman–Crippen LogP) is 4.18. The zero-order valence-electron chi connectivity index (χ0n) is 15.9. The molecular formula is C20H24NO6P. The Morgan fingerprint density at radius 3 is 2.25 bits per heavy atom. The highest BCUT2D eigenvalue weighted by molar-refractivity contribution is 7.54. The first-order chi connectivity index (χ1) is 13.4. The number of ketones is 1. The van der Waals surface area contributed by atoms with Crippen LogP contribution in [-0.2, 0) is 25.2 Å². The van der Waals surface area contributed by atoms with Crippen molar-refractivity contribution in [3.8, 4) is 5.75 Å². The summed E-state index contributed by atoms with van der Waals surface area (Å²) in [4.78, 5) is 23.3. The van der Waals surface area contributed by atoms with Crippen molar-refractivity contribution in [2.24, 2.45) is 0 Å². The topological polar surface area (TPSA) is 90.9 Å². The number of benzene rings is 2. The molecule has 2 aromatic rings. The van der Waals surface area contributed by atoms with Crippen LogP contribution in [0.3, 0.4) is 0 Å². The molecule has 0 spiro atoms. The van der Waals surface area contributed by atoms with Crippen LogP contribution in [0.1, 0.15) is 19.4 Å². The SMILES string of the molecule is CC(=O)C(C)OP(=O)(CCNC(=O)OCc1ccccc1)Oc1ccccc1. The van der Waals surface area contributed by atoms with Gasteiger partial charge in [0.25, 0.3) is 0 Å². The molecule has 0 aliphatic rings. The molecule has 0 saturated carbocycles. The van der Waals surface area contributed by atoms with Crippen molar-refractivity contribution in [1.29, 1.82) is 0 Å². The summed E-state index contributed by atoms with van der Waals surface area (Å²) in [7, 11) is -3.68. The summed E-state index contributed by atoms with van der Waals surface area (Å²) in [5.41, 5.74) is 0.856. The molecule has 8 heteroatoms. The molecule has 2 atom stereocenters. The van der Waals surface area contributed by atoms with Gasteiger partial charge in [-0.3, -0.25) is 9.32 Å². The third kappa shape index (κ3) is 7.55. The lowest BCUT2D eigenvalue weighted by molar-refractivity contribution is -0.123. The molecule has 28 heavy (non-hydrogen) atoms. The summed E-state index contributed by atoms with van der Waals surface area (Å²) < 4.78 is 29.1. The van der Waals surface area contributed by atoms with Crippen molar-refractivity contribution in [2.45, 2.75) is 26.6 Å². The highest BCUT2D eigenvalue weighted by atomic mass is 31.2. The zero-order chi connectivity index (χ0) is 20.4. The van der Waals surface area contributed by atoms with Gasteiger partial charge in [-0.1, -0.05) is 48.5 Å².